The molecule has 0 unspecified atom stereocenters. The molecule has 2 N–H and O–H groups in total. The second-order valence-electron chi connectivity index (χ2n) is 8.29. The fraction of sp³-hybridized carbons (Fsp3) is 0.222. The number of hydrogen-bond acceptors (Lipinski definition) is 5. The predicted molar refractivity (Wildman–Crippen MR) is 130 cm³/mol. The summed E-state index contributed by atoms with van der Waals surface area (Å²) in [5, 5.41) is 2.19. The van der Waals surface area contributed by atoms with E-state index < -0.39 is 0 Å². The van der Waals surface area contributed by atoms with Gasteiger partial charge in [0.2, 0.25) is 0 Å². The molecule has 2 heterocycles. The minimum Gasteiger partial charge on any atom is -0.382 e. The van der Waals surface area contributed by atoms with E-state index in [1.165, 1.54) is 19.3 Å². The highest BCUT2D eigenvalue weighted by Gasteiger charge is 2.20. The summed E-state index contributed by atoms with van der Waals surface area (Å²) in [7, 11) is 0. The third kappa shape index (κ3) is 3.94. The summed E-state index contributed by atoms with van der Waals surface area (Å²) in [5.74, 6) is 0.0657. The van der Waals surface area contributed by atoms with Crippen molar-refractivity contribution in [1.82, 2.24) is 9.97 Å². The number of ketones is 1. The molecule has 32 heavy (non-hydrogen) atoms. The third-order valence-corrected chi connectivity index (χ3v) is 6.17. The monoisotopic (exact) mass is 422 g/mol. The Bertz CT molecular complexity index is 1270. The number of hydrogen-bond donors (Lipinski definition) is 1. The van der Waals surface area contributed by atoms with E-state index in [1.54, 1.807) is 6.20 Å². The van der Waals surface area contributed by atoms with Crippen LogP contribution >= 0.6 is 0 Å². The zero-order valence-electron chi connectivity index (χ0n) is 18.0. The van der Waals surface area contributed by atoms with Crippen LogP contribution in [0.2, 0.25) is 0 Å². The zero-order valence-corrected chi connectivity index (χ0v) is 18.0. The van der Waals surface area contributed by atoms with Crippen LogP contribution in [0.5, 0.6) is 0 Å². The molecular formula is C27H26N4O. The van der Waals surface area contributed by atoms with E-state index in [9.17, 15) is 4.79 Å². The van der Waals surface area contributed by atoms with Crippen molar-refractivity contribution in [2.24, 2.45) is 0 Å². The Labute approximate surface area is 187 Å². The topological polar surface area (TPSA) is 72.1 Å². The summed E-state index contributed by atoms with van der Waals surface area (Å²) in [6.45, 7) is 2.06. The molecule has 5 heteroatoms. The first kappa shape index (κ1) is 20.2. The molecule has 1 aliphatic heterocycles. The van der Waals surface area contributed by atoms with Gasteiger partial charge in [0, 0.05) is 30.8 Å². The third-order valence-electron chi connectivity index (χ3n) is 6.17. The Kier molecular flexibility index (Phi) is 5.55. The highest BCUT2D eigenvalue weighted by molar-refractivity contribution is 6.01. The Morgan fingerprint density at radius 1 is 0.906 bits per heavy atom. The predicted octanol–water partition coefficient (Wildman–Crippen LogP) is 5.29. The van der Waals surface area contributed by atoms with E-state index in [2.05, 4.69) is 39.1 Å². The molecule has 1 aromatic heterocycles. The largest absolute Gasteiger partial charge is 0.382 e. The van der Waals surface area contributed by atoms with Gasteiger partial charge in [0.1, 0.15) is 5.69 Å². The van der Waals surface area contributed by atoms with Gasteiger partial charge in [-0.3, -0.25) is 4.79 Å². The molecule has 0 amide bonds. The maximum Gasteiger partial charge on any atom is 0.189 e. The van der Waals surface area contributed by atoms with Crippen molar-refractivity contribution in [2.45, 2.75) is 25.7 Å². The van der Waals surface area contributed by atoms with Gasteiger partial charge in [-0.05, 0) is 41.7 Å². The molecule has 0 saturated carbocycles. The van der Waals surface area contributed by atoms with Crippen molar-refractivity contribution in [2.75, 3.05) is 23.7 Å². The molecule has 0 aliphatic carbocycles. The number of anilines is 2. The van der Waals surface area contributed by atoms with Crippen molar-refractivity contribution in [3.05, 3.63) is 84.2 Å². The van der Waals surface area contributed by atoms with Crippen molar-refractivity contribution >= 4 is 28.1 Å². The van der Waals surface area contributed by atoms with E-state index in [0.29, 0.717) is 5.69 Å². The van der Waals surface area contributed by atoms with Crippen LogP contribution in [0.25, 0.3) is 22.0 Å². The zero-order chi connectivity index (χ0) is 21.9. The first-order valence-corrected chi connectivity index (χ1v) is 11.2. The van der Waals surface area contributed by atoms with Crippen LogP contribution in [-0.2, 0) is 6.42 Å². The van der Waals surface area contributed by atoms with Crippen molar-refractivity contribution in [3.63, 3.8) is 0 Å². The number of nitrogens with two attached hydrogens (primary N) is 1. The summed E-state index contributed by atoms with van der Waals surface area (Å²) in [6, 6.07) is 22.3. The second-order valence-corrected chi connectivity index (χ2v) is 8.29. The second kappa shape index (κ2) is 8.79. The summed E-state index contributed by atoms with van der Waals surface area (Å²) in [5.41, 5.74) is 10.1. The molecule has 0 atom stereocenters. The summed E-state index contributed by atoms with van der Waals surface area (Å²) >= 11 is 0. The molecule has 0 radical (unpaired) electrons. The first-order valence-electron chi connectivity index (χ1n) is 11.2. The minimum absolute atomic E-state index is 0.110. The van der Waals surface area contributed by atoms with Crippen LogP contribution in [0.3, 0.4) is 0 Å². The van der Waals surface area contributed by atoms with Gasteiger partial charge in [-0.1, -0.05) is 60.7 Å². The number of aromatic nitrogens is 2. The van der Waals surface area contributed by atoms with Gasteiger partial charge in [-0.25, -0.2) is 9.97 Å². The SMILES string of the molecule is Nc1ncc(-c2cccc3ccccc23)nc1C(=O)Cc1ccccc1N1CCCCC1. The molecule has 5 nitrogen and oxygen atoms in total. The number of piperidine rings is 1. The van der Waals surface area contributed by atoms with Gasteiger partial charge >= 0.3 is 0 Å². The number of Topliss-reactive ketones (excluding diaryl/α,β-unsaturated/α-hetero) is 1. The number of benzene rings is 3. The van der Waals surface area contributed by atoms with Crippen molar-refractivity contribution in [3.8, 4) is 11.3 Å². The number of para-hydroxylation sites is 1. The lowest BCUT2D eigenvalue weighted by Crippen LogP contribution is -2.30. The Morgan fingerprint density at radius 2 is 1.66 bits per heavy atom. The van der Waals surface area contributed by atoms with Crippen LogP contribution in [0, 0.1) is 0 Å². The van der Waals surface area contributed by atoms with Gasteiger partial charge in [-0.15, -0.1) is 0 Å². The molecule has 1 saturated heterocycles. The smallest absolute Gasteiger partial charge is 0.189 e. The van der Waals surface area contributed by atoms with Gasteiger partial charge in [0.05, 0.1) is 11.9 Å². The van der Waals surface area contributed by atoms with Gasteiger partial charge < -0.3 is 10.6 Å². The number of carbonyl (C=O) groups excluding carboxylic acids is 1. The number of fused-ring (bicyclic) bond motifs is 1. The number of nitrogen functional groups attached to an aromatic ring is 1. The number of rotatable bonds is 5. The molecule has 160 valence electrons. The lowest BCUT2D eigenvalue weighted by molar-refractivity contribution is 0.0989. The molecule has 0 bridgehead atoms. The molecule has 1 aliphatic rings. The van der Waals surface area contributed by atoms with Crippen LogP contribution in [0.15, 0.2) is 72.9 Å². The Hall–Kier alpha value is -3.73. The molecule has 5 rings (SSSR count). The van der Waals surface area contributed by atoms with E-state index in [1.807, 2.05) is 42.5 Å². The quantitative estimate of drug-likeness (QED) is 0.442. The minimum atomic E-state index is -0.110. The summed E-state index contributed by atoms with van der Waals surface area (Å²) in [6.07, 6.45) is 5.55. The lowest BCUT2D eigenvalue weighted by atomic mass is 10.0. The maximum atomic E-state index is 13.3. The normalized spacial score (nSPS) is 13.9. The molecule has 3 aromatic carbocycles. The van der Waals surface area contributed by atoms with E-state index in [4.69, 9.17) is 5.73 Å². The number of nitrogens with zero attached hydrogens (tertiary/aromatic N) is 3. The first-order chi connectivity index (χ1) is 15.7. The Morgan fingerprint density at radius 3 is 2.53 bits per heavy atom. The Balaban J connectivity index is 1.48. The van der Waals surface area contributed by atoms with E-state index in [0.717, 1.165) is 40.7 Å². The molecular weight excluding hydrogens is 396 g/mol. The summed E-state index contributed by atoms with van der Waals surface area (Å²) < 4.78 is 0. The standard InChI is InChI=1S/C27H26N4O/c28-27-26(25(32)17-20-10-3-5-14-24(20)31-15-6-1-7-16-31)30-23(18-29-27)22-13-8-11-19-9-2-4-12-21(19)22/h2-5,8-14,18H,1,6-7,15-17H2,(H2,28,29). The highest BCUT2D eigenvalue weighted by atomic mass is 16.1. The van der Waals surface area contributed by atoms with E-state index in [-0.39, 0.29) is 23.7 Å². The summed E-state index contributed by atoms with van der Waals surface area (Å²) in [4.78, 5) is 24.7. The van der Waals surface area contributed by atoms with Gasteiger partial charge in [0.15, 0.2) is 11.6 Å². The van der Waals surface area contributed by atoms with Crippen LogP contribution in [0.4, 0.5) is 11.5 Å². The number of carbonyl (C=O) groups is 1. The van der Waals surface area contributed by atoms with E-state index >= 15 is 0 Å². The average Bonchev–Trinajstić information content (AvgIpc) is 2.85. The van der Waals surface area contributed by atoms with Gasteiger partial charge in [0.25, 0.3) is 0 Å². The molecule has 1 fully saturated rings. The van der Waals surface area contributed by atoms with Crippen LogP contribution < -0.4 is 10.6 Å². The average molecular weight is 423 g/mol. The fourth-order valence-electron chi connectivity index (χ4n) is 4.54. The van der Waals surface area contributed by atoms with Crippen LogP contribution in [0.1, 0.15) is 35.3 Å². The fourth-order valence-corrected chi connectivity index (χ4v) is 4.54. The maximum absolute atomic E-state index is 13.3. The van der Waals surface area contributed by atoms with Crippen molar-refractivity contribution < 1.29 is 4.79 Å². The van der Waals surface area contributed by atoms with Crippen molar-refractivity contribution in [1.29, 1.82) is 0 Å². The molecule has 0 spiro atoms. The lowest BCUT2D eigenvalue weighted by Gasteiger charge is -2.30. The molecule has 4 aromatic rings. The van der Waals surface area contributed by atoms with Gasteiger partial charge in [-0.2, -0.15) is 0 Å². The highest BCUT2D eigenvalue weighted by Crippen LogP contribution is 2.29. The van der Waals surface area contributed by atoms with Crippen LogP contribution in [-0.4, -0.2) is 28.8 Å².